The highest BCUT2D eigenvalue weighted by Gasteiger charge is 2.28. The van der Waals surface area contributed by atoms with Crippen molar-refractivity contribution in [2.75, 3.05) is 16.8 Å². The molecule has 1 heterocycles. The molecule has 1 unspecified atom stereocenters. The molecule has 1 atom stereocenters. The van der Waals surface area contributed by atoms with Gasteiger partial charge in [-0.1, -0.05) is 0 Å². The third kappa shape index (κ3) is 3.05. The summed E-state index contributed by atoms with van der Waals surface area (Å²) in [6.07, 6.45) is 0.427. The summed E-state index contributed by atoms with van der Waals surface area (Å²) in [7, 11) is -3.05. The van der Waals surface area contributed by atoms with Crippen LogP contribution in [0.5, 0.6) is 0 Å². The molecular formula is C11H12N2O6S. The predicted molar refractivity (Wildman–Crippen MR) is 70.7 cm³/mol. The standard InChI is InChI=1S/C11H12N2O6S/c14-11(15)9-2-1-7(5-10(9)13(16)17)12-8-3-4-20(18,19)6-8/h1-2,5,8,12H,3-4,6H2,(H,14,15). The fourth-order valence-corrected chi connectivity index (χ4v) is 3.77. The average molecular weight is 300 g/mol. The van der Waals surface area contributed by atoms with E-state index in [1.807, 2.05) is 0 Å². The van der Waals surface area contributed by atoms with E-state index in [1.54, 1.807) is 0 Å². The topological polar surface area (TPSA) is 127 Å². The molecule has 1 aliphatic heterocycles. The lowest BCUT2D eigenvalue weighted by Crippen LogP contribution is -2.20. The minimum atomic E-state index is -3.05. The third-order valence-corrected chi connectivity index (χ3v) is 4.80. The number of hydrogen-bond donors (Lipinski definition) is 2. The lowest BCUT2D eigenvalue weighted by atomic mass is 10.1. The SMILES string of the molecule is O=C(O)c1ccc(NC2CCS(=O)(=O)C2)cc1[N+](=O)[O-]. The smallest absolute Gasteiger partial charge is 0.342 e. The van der Waals surface area contributed by atoms with E-state index in [0.717, 1.165) is 12.1 Å². The van der Waals surface area contributed by atoms with Crippen molar-refractivity contribution < 1.29 is 23.2 Å². The number of sulfone groups is 1. The van der Waals surface area contributed by atoms with E-state index in [-0.39, 0.29) is 17.5 Å². The second kappa shape index (κ2) is 5.08. The molecule has 0 amide bonds. The Morgan fingerprint density at radius 3 is 2.65 bits per heavy atom. The number of carbonyl (C=O) groups is 1. The summed E-state index contributed by atoms with van der Waals surface area (Å²) in [5.41, 5.74) is -0.591. The molecule has 9 heteroatoms. The van der Waals surface area contributed by atoms with Crippen molar-refractivity contribution in [1.29, 1.82) is 0 Å². The van der Waals surface area contributed by atoms with E-state index in [0.29, 0.717) is 12.1 Å². The van der Waals surface area contributed by atoms with Gasteiger partial charge in [-0.2, -0.15) is 0 Å². The van der Waals surface area contributed by atoms with E-state index < -0.39 is 32.0 Å². The maximum absolute atomic E-state index is 11.3. The third-order valence-electron chi connectivity index (χ3n) is 3.03. The molecule has 1 aromatic rings. The number of nitrogens with one attached hydrogen (secondary N) is 1. The summed E-state index contributed by atoms with van der Waals surface area (Å²) in [6.45, 7) is 0. The number of anilines is 1. The van der Waals surface area contributed by atoms with Crippen molar-refractivity contribution in [3.05, 3.63) is 33.9 Å². The van der Waals surface area contributed by atoms with Crippen LogP contribution >= 0.6 is 0 Å². The van der Waals surface area contributed by atoms with Gasteiger partial charge in [-0.05, 0) is 18.6 Å². The molecule has 0 radical (unpaired) electrons. The summed E-state index contributed by atoms with van der Waals surface area (Å²) in [4.78, 5) is 20.9. The quantitative estimate of drug-likeness (QED) is 0.624. The zero-order valence-electron chi connectivity index (χ0n) is 10.3. The van der Waals surface area contributed by atoms with Gasteiger partial charge in [0.05, 0.1) is 16.4 Å². The van der Waals surface area contributed by atoms with Gasteiger partial charge in [0.15, 0.2) is 9.84 Å². The highest BCUT2D eigenvalue weighted by Crippen LogP contribution is 2.25. The summed E-state index contributed by atoms with van der Waals surface area (Å²) >= 11 is 0. The van der Waals surface area contributed by atoms with Gasteiger partial charge in [0, 0.05) is 17.8 Å². The number of nitro groups is 1. The minimum Gasteiger partial charge on any atom is -0.477 e. The Kier molecular flexibility index (Phi) is 3.62. The summed E-state index contributed by atoms with van der Waals surface area (Å²) in [5, 5.41) is 22.6. The van der Waals surface area contributed by atoms with Crippen LogP contribution in [-0.2, 0) is 9.84 Å². The first-order chi connectivity index (χ1) is 9.28. The van der Waals surface area contributed by atoms with Crippen LogP contribution in [0.3, 0.4) is 0 Å². The monoisotopic (exact) mass is 300 g/mol. The maximum Gasteiger partial charge on any atom is 0.342 e. The molecular weight excluding hydrogens is 288 g/mol. The molecule has 1 saturated heterocycles. The Bertz CT molecular complexity index is 669. The van der Waals surface area contributed by atoms with Crippen molar-refractivity contribution in [3.8, 4) is 0 Å². The summed E-state index contributed by atoms with van der Waals surface area (Å²) in [6, 6.07) is 3.32. The Labute approximate surface area is 114 Å². The number of hydrogen-bond acceptors (Lipinski definition) is 6. The Morgan fingerprint density at radius 1 is 1.45 bits per heavy atom. The van der Waals surface area contributed by atoms with Gasteiger partial charge in [-0.3, -0.25) is 10.1 Å². The first kappa shape index (κ1) is 14.3. The Balaban J connectivity index is 2.24. The summed E-state index contributed by atoms with van der Waals surface area (Å²) < 4.78 is 22.6. The molecule has 1 fully saturated rings. The molecule has 0 saturated carbocycles. The molecule has 20 heavy (non-hydrogen) atoms. The molecule has 1 aliphatic rings. The molecule has 108 valence electrons. The van der Waals surface area contributed by atoms with Gasteiger partial charge in [-0.25, -0.2) is 13.2 Å². The fraction of sp³-hybridized carbons (Fsp3) is 0.364. The maximum atomic E-state index is 11.3. The fourth-order valence-electron chi connectivity index (χ4n) is 2.10. The first-order valence-corrected chi connectivity index (χ1v) is 7.59. The van der Waals surface area contributed by atoms with Crippen molar-refractivity contribution in [3.63, 3.8) is 0 Å². The number of rotatable bonds is 4. The molecule has 0 aliphatic carbocycles. The van der Waals surface area contributed by atoms with E-state index >= 15 is 0 Å². The zero-order valence-corrected chi connectivity index (χ0v) is 11.1. The van der Waals surface area contributed by atoms with Crippen molar-refractivity contribution in [2.24, 2.45) is 0 Å². The lowest BCUT2D eigenvalue weighted by molar-refractivity contribution is -0.385. The second-order valence-corrected chi connectivity index (χ2v) is 6.77. The number of carboxylic acid groups (broad SMARTS) is 1. The number of benzene rings is 1. The molecule has 8 nitrogen and oxygen atoms in total. The van der Waals surface area contributed by atoms with E-state index in [9.17, 15) is 23.3 Å². The lowest BCUT2D eigenvalue weighted by Gasteiger charge is -2.12. The van der Waals surface area contributed by atoms with E-state index in [2.05, 4.69) is 5.32 Å². The van der Waals surface area contributed by atoms with Crippen molar-refractivity contribution >= 4 is 27.2 Å². The zero-order chi connectivity index (χ0) is 14.9. The van der Waals surface area contributed by atoms with Crippen LogP contribution in [0.1, 0.15) is 16.8 Å². The van der Waals surface area contributed by atoms with Gasteiger partial charge in [0.1, 0.15) is 5.56 Å². The van der Waals surface area contributed by atoms with Crippen LogP contribution in [-0.4, -0.2) is 42.0 Å². The van der Waals surface area contributed by atoms with Crippen LogP contribution in [0.15, 0.2) is 18.2 Å². The molecule has 2 rings (SSSR count). The van der Waals surface area contributed by atoms with Gasteiger partial charge < -0.3 is 10.4 Å². The van der Waals surface area contributed by atoms with Gasteiger partial charge in [0.2, 0.25) is 0 Å². The predicted octanol–water partition coefficient (Wildman–Crippen LogP) is 0.892. The number of aromatic carboxylic acids is 1. The summed E-state index contributed by atoms with van der Waals surface area (Å²) in [5.74, 6) is -1.33. The van der Waals surface area contributed by atoms with Crippen LogP contribution < -0.4 is 5.32 Å². The molecule has 0 spiro atoms. The van der Waals surface area contributed by atoms with Gasteiger partial charge >= 0.3 is 5.97 Å². The average Bonchev–Trinajstić information content (AvgIpc) is 2.68. The number of carboxylic acids is 1. The highest BCUT2D eigenvalue weighted by molar-refractivity contribution is 7.91. The second-order valence-electron chi connectivity index (χ2n) is 4.54. The minimum absolute atomic E-state index is 0.0263. The van der Waals surface area contributed by atoms with E-state index in [1.165, 1.54) is 6.07 Å². The molecule has 0 bridgehead atoms. The Hall–Kier alpha value is -2.16. The highest BCUT2D eigenvalue weighted by atomic mass is 32.2. The normalized spacial score (nSPS) is 20.5. The largest absolute Gasteiger partial charge is 0.477 e. The van der Waals surface area contributed by atoms with Crippen LogP contribution in [0, 0.1) is 10.1 Å². The Morgan fingerprint density at radius 2 is 2.15 bits per heavy atom. The van der Waals surface area contributed by atoms with E-state index in [4.69, 9.17) is 5.11 Å². The van der Waals surface area contributed by atoms with Gasteiger partial charge in [0.25, 0.3) is 5.69 Å². The molecule has 1 aromatic carbocycles. The molecule has 0 aromatic heterocycles. The van der Waals surface area contributed by atoms with Crippen LogP contribution in [0.2, 0.25) is 0 Å². The molecule has 2 N–H and O–H groups in total. The number of nitrogens with zero attached hydrogens (tertiary/aromatic N) is 1. The number of nitro benzene ring substituents is 1. The van der Waals surface area contributed by atoms with Crippen LogP contribution in [0.25, 0.3) is 0 Å². The van der Waals surface area contributed by atoms with Crippen molar-refractivity contribution in [2.45, 2.75) is 12.5 Å². The first-order valence-electron chi connectivity index (χ1n) is 5.77. The van der Waals surface area contributed by atoms with Crippen molar-refractivity contribution in [1.82, 2.24) is 0 Å². The van der Waals surface area contributed by atoms with Gasteiger partial charge in [-0.15, -0.1) is 0 Å². The van der Waals surface area contributed by atoms with Crippen LogP contribution in [0.4, 0.5) is 11.4 Å².